The number of nitrogens with zero attached hydrogens (tertiary/aromatic N) is 1. The van der Waals surface area contributed by atoms with E-state index in [1.54, 1.807) is 26.4 Å². The molecular formula is C22H25N3O5. The highest BCUT2D eigenvalue weighted by atomic mass is 16.5. The van der Waals surface area contributed by atoms with Crippen molar-refractivity contribution in [2.24, 2.45) is 4.99 Å². The molecular weight excluding hydrogens is 386 g/mol. The summed E-state index contributed by atoms with van der Waals surface area (Å²) in [5, 5.41) is 15.7. The molecule has 0 spiro atoms. The fourth-order valence-corrected chi connectivity index (χ4v) is 2.96. The lowest BCUT2D eigenvalue weighted by atomic mass is 10.1. The Bertz CT molecular complexity index is 939. The Morgan fingerprint density at radius 1 is 1.07 bits per heavy atom. The third-order valence-electron chi connectivity index (χ3n) is 4.45. The van der Waals surface area contributed by atoms with Crippen molar-refractivity contribution in [3.8, 4) is 23.8 Å². The highest BCUT2D eigenvalue weighted by Gasteiger charge is 2.25. The molecule has 1 unspecified atom stereocenters. The molecule has 0 aliphatic carbocycles. The summed E-state index contributed by atoms with van der Waals surface area (Å²) < 4.78 is 21.7. The Labute approximate surface area is 176 Å². The Kier molecular flexibility index (Phi) is 7.65. The van der Waals surface area contributed by atoms with Gasteiger partial charge in [-0.15, -0.1) is 6.42 Å². The number of hydroxylamine groups is 1. The number of hydrogen-bond donors (Lipinski definition) is 2. The molecule has 3 rings (SSSR count). The van der Waals surface area contributed by atoms with E-state index in [1.807, 2.05) is 24.3 Å². The minimum atomic E-state index is -0.0965. The molecule has 0 saturated carbocycles. The molecule has 0 fully saturated rings. The summed E-state index contributed by atoms with van der Waals surface area (Å²) in [5.41, 5.74) is 2.58. The largest absolute Gasteiger partial charge is 0.627 e. The third kappa shape index (κ3) is 5.09. The number of benzene rings is 2. The second-order valence-corrected chi connectivity index (χ2v) is 6.43. The van der Waals surface area contributed by atoms with Crippen LogP contribution in [-0.2, 0) is 9.47 Å². The second kappa shape index (κ2) is 10.6. The normalized spacial score (nSPS) is 15.0. The topological polar surface area (TPSA) is 88.8 Å². The first kappa shape index (κ1) is 21.6. The van der Waals surface area contributed by atoms with Crippen molar-refractivity contribution in [1.82, 2.24) is 0 Å². The van der Waals surface area contributed by atoms with E-state index in [2.05, 4.69) is 16.2 Å². The zero-order valence-corrected chi connectivity index (χ0v) is 17.1. The molecule has 0 amide bonds. The maximum absolute atomic E-state index is 12.6. The molecule has 1 atom stereocenters. The number of fused-ring (bicyclic) bond motifs is 1. The minimum absolute atomic E-state index is 0.0367. The van der Waals surface area contributed by atoms with Gasteiger partial charge in [0.1, 0.15) is 24.7 Å². The van der Waals surface area contributed by atoms with Crippen LogP contribution in [-0.4, -0.2) is 53.2 Å². The summed E-state index contributed by atoms with van der Waals surface area (Å²) in [4.78, 5) is 4.41. The first-order valence-electron chi connectivity index (χ1n) is 9.50. The number of amidine groups is 1. The Balaban J connectivity index is 1.95. The second-order valence-electron chi connectivity index (χ2n) is 6.43. The molecule has 1 aliphatic rings. The van der Waals surface area contributed by atoms with Gasteiger partial charge in [0.2, 0.25) is 0 Å². The van der Waals surface area contributed by atoms with Crippen molar-refractivity contribution in [3.63, 3.8) is 0 Å². The van der Waals surface area contributed by atoms with Gasteiger partial charge in [-0.1, -0.05) is 18.1 Å². The van der Waals surface area contributed by atoms with Crippen molar-refractivity contribution in [1.29, 1.82) is 0 Å². The van der Waals surface area contributed by atoms with Gasteiger partial charge >= 0.3 is 0 Å². The first-order valence-corrected chi connectivity index (χ1v) is 9.50. The number of methoxy groups -OCH3 is 2. The number of nitrogens with one attached hydrogen (secondary N) is 2. The van der Waals surface area contributed by atoms with Crippen LogP contribution in [0, 0.1) is 17.6 Å². The molecule has 0 aromatic heterocycles. The lowest BCUT2D eigenvalue weighted by molar-refractivity contribution is -0.776. The molecule has 8 nitrogen and oxygen atoms in total. The molecule has 0 bridgehead atoms. The van der Waals surface area contributed by atoms with Crippen LogP contribution < -0.4 is 19.9 Å². The third-order valence-corrected chi connectivity index (χ3v) is 4.45. The summed E-state index contributed by atoms with van der Waals surface area (Å²) >= 11 is 0. The Morgan fingerprint density at radius 2 is 1.73 bits per heavy atom. The van der Waals surface area contributed by atoms with Gasteiger partial charge in [-0.3, -0.25) is 0 Å². The molecule has 0 radical (unpaired) electrons. The molecule has 0 saturated heterocycles. The van der Waals surface area contributed by atoms with Crippen LogP contribution in [0.25, 0.3) is 0 Å². The van der Waals surface area contributed by atoms with Crippen LogP contribution in [0.4, 0.5) is 11.4 Å². The maximum atomic E-state index is 12.6. The van der Waals surface area contributed by atoms with Crippen LogP contribution in [0.15, 0.2) is 41.4 Å². The van der Waals surface area contributed by atoms with E-state index in [0.29, 0.717) is 60.6 Å². The van der Waals surface area contributed by atoms with E-state index in [9.17, 15) is 5.21 Å². The van der Waals surface area contributed by atoms with Gasteiger partial charge in [0.05, 0.1) is 24.5 Å². The molecule has 1 heterocycles. The van der Waals surface area contributed by atoms with Crippen LogP contribution in [0.3, 0.4) is 0 Å². The predicted octanol–water partition coefficient (Wildman–Crippen LogP) is 1.56. The maximum Gasteiger partial charge on any atom is 0.177 e. The number of anilines is 1. The van der Waals surface area contributed by atoms with E-state index in [0.717, 1.165) is 5.69 Å². The van der Waals surface area contributed by atoms with E-state index in [-0.39, 0.29) is 11.7 Å². The number of terminal acetylenes is 1. The number of ether oxygens (including phenoxy) is 4. The average molecular weight is 411 g/mol. The molecule has 2 aromatic carbocycles. The van der Waals surface area contributed by atoms with Crippen molar-refractivity contribution in [2.75, 3.05) is 52.6 Å². The Morgan fingerprint density at radius 3 is 2.40 bits per heavy atom. The minimum Gasteiger partial charge on any atom is -0.627 e. The number of quaternary nitrogens is 1. The van der Waals surface area contributed by atoms with Crippen molar-refractivity contribution in [3.05, 3.63) is 52.7 Å². The predicted molar refractivity (Wildman–Crippen MR) is 115 cm³/mol. The standard InChI is InChI=1S/C22H25N3O5/c1-4-16-7-5-6-8-18(16)24-22-17-13-20(29-11-9-27-2)21(30-12-10-28-3)14-19(17)25(26)15-23-22/h1,5-8,13-14,25H,9-12,15H2,2-3H3,(H,23,24). The van der Waals surface area contributed by atoms with Crippen LogP contribution >= 0.6 is 0 Å². The van der Waals surface area contributed by atoms with Crippen molar-refractivity contribution >= 4 is 17.2 Å². The molecule has 30 heavy (non-hydrogen) atoms. The summed E-state index contributed by atoms with van der Waals surface area (Å²) in [6.45, 7) is 1.54. The zero-order valence-electron chi connectivity index (χ0n) is 17.1. The summed E-state index contributed by atoms with van der Waals surface area (Å²) in [6.07, 6.45) is 5.60. The van der Waals surface area contributed by atoms with Gasteiger partial charge in [-0.2, -0.15) is 0 Å². The number of para-hydroxylation sites is 1. The van der Waals surface area contributed by atoms with Crippen molar-refractivity contribution in [2.45, 2.75) is 0 Å². The van der Waals surface area contributed by atoms with Gasteiger partial charge in [0.25, 0.3) is 0 Å². The lowest BCUT2D eigenvalue weighted by Gasteiger charge is -2.29. The number of rotatable bonds is 9. The highest BCUT2D eigenvalue weighted by Crippen LogP contribution is 2.34. The SMILES string of the molecule is C#Cc1ccccc1NC1=NC[NH+]([O-])c2cc(OCCOC)c(OCCOC)cc21. The first-order chi connectivity index (χ1) is 14.7. The lowest BCUT2D eigenvalue weighted by Crippen LogP contribution is -3.02. The highest BCUT2D eigenvalue weighted by molar-refractivity contribution is 6.12. The van der Waals surface area contributed by atoms with Crippen LogP contribution in [0.2, 0.25) is 0 Å². The fourth-order valence-electron chi connectivity index (χ4n) is 2.96. The number of hydrogen-bond acceptors (Lipinski definition) is 7. The van der Waals surface area contributed by atoms with Gasteiger partial charge < -0.3 is 34.5 Å². The van der Waals surface area contributed by atoms with Gasteiger partial charge in [0.15, 0.2) is 18.2 Å². The zero-order chi connectivity index (χ0) is 21.3. The summed E-state index contributed by atoms with van der Waals surface area (Å²) in [6, 6.07) is 10.9. The molecule has 2 aromatic rings. The van der Waals surface area contributed by atoms with Crippen molar-refractivity contribution < 1.29 is 24.0 Å². The fraction of sp³-hybridized carbons (Fsp3) is 0.318. The quantitative estimate of drug-likeness (QED) is 0.370. The van der Waals surface area contributed by atoms with E-state index < -0.39 is 0 Å². The molecule has 2 N–H and O–H groups in total. The molecule has 1 aliphatic heterocycles. The smallest absolute Gasteiger partial charge is 0.177 e. The average Bonchev–Trinajstić information content (AvgIpc) is 2.77. The van der Waals surface area contributed by atoms with Crippen LogP contribution in [0.5, 0.6) is 11.5 Å². The summed E-state index contributed by atoms with van der Waals surface area (Å²) in [5.74, 6) is 4.16. The number of aliphatic imine (C=N–C) groups is 1. The molecule has 8 heteroatoms. The Hall–Kier alpha value is -3.09. The van der Waals surface area contributed by atoms with Gasteiger partial charge in [0, 0.05) is 31.9 Å². The van der Waals surface area contributed by atoms with E-state index in [1.165, 1.54) is 0 Å². The van der Waals surface area contributed by atoms with Gasteiger partial charge in [-0.05, 0) is 12.1 Å². The van der Waals surface area contributed by atoms with Crippen LogP contribution in [0.1, 0.15) is 11.1 Å². The monoisotopic (exact) mass is 411 g/mol. The molecule has 158 valence electrons. The van der Waals surface area contributed by atoms with E-state index in [4.69, 9.17) is 25.4 Å². The van der Waals surface area contributed by atoms with E-state index >= 15 is 0 Å². The van der Waals surface area contributed by atoms with Gasteiger partial charge in [-0.25, -0.2) is 4.99 Å². The summed E-state index contributed by atoms with van der Waals surface area (Å²) in [7, 11) is 3.20.